The molecule has 0 aromatic heterocycles. The molecule has 0 aromatic carbocycles. The predicted octanol–water partition coefficient (Wildman–Crippen LogP) is 1.08. The molecule has 1 atom stereocenters. The molecule has 1 saturated heterocycles. The van der Waals surface area contributed by atoms with Crippen LogP contribution in [0.2, 0.25) is 0 Å². The van der Waals surface area contributed by atoms with E-state index >= 15 is 0 Å². The lowest BCUT2D eigenvalue weighted by Gasteiger charge is -2.32. The number of likely N-dealkylation sites (tertiary alicyclic amines) is 1. The molecule has 1 aliphatic rings. The van der Waals surface area contributed by atoms with Crippen molar-refractivity contribution in [2.45, 2.75) is 33.6 Å². The molecule has 1 fully saturated rings. The third-order valence-electron chi connectivity index (χ3n) is 3.36. The second-order valence-electron chi connectivity index (χ2n) is 5.75. The van der Waals surface area contributed by atoms with Gasteiger partial charge in [-0.15, -0.1) is 0 Å². The highest BCUT2D eigenvalue weighted by Crippen LogP contribution is 2.15. The van der Waals surface area contributed by atoms with Gasteiger partial charge in [-0.25, -0.2) is 0 Å². The maximum absolute atomic E-state index is 11.8. The number of amides is 1. The van der Waals surface area contributed by atoms with Gasteiger partial charge >= 0.3 is 0 Å². The van der Waals surface area contributed by atoms with Crippen LogP contribution in [0.3, 0.4) is 0 Å². The molecular weight excluding hydrogens is 226 g/mol. The van der Waals surface area contributed by atoms with Crippen LogP contribution >= 0.6 is 0 Å². The molecule has 0 spiro atoms. The molecule has 0 saturated carbocycles. The molecule has 18 heavy (non-hydrogen) atoms. The van der Waals surface area contributed by atoms with E-state index < -0.39 is 0 Å². The topological polar surface area (TPSA) is 44.4 Å². The first-order valence-corrected chi connectivity index (χ1v) is 7.31. The quantitative estimate of drug-likeness (QED) is 0.715. The van der Waals surface area contributed by atoms with Crippen molar-refractivity contribution in [2.75, 3.05) is 39.3 Å². The Morgan fingerprint density at radius 1 is 1.44 bits per heavy atom. The number of hydrogen-bond donors (Lipinski definition) is 2. The molecule has 4 nitrogen and oxygen atoms in total. The Labute approximate surface area is 111 Å². The van der Waals surface area contributed by atoms with Crippen LogP contribution in [-0.2, 0) is 4.79 Å². The molecule has 2 N–H and O–H groups in total. The minimum atomic E-state index is 0.174. The third-order valence-corrected chi connectivity index (χ3v) is 3.36. The van der Waals surface area contributed by atoms with Crippen molar-refractivity contribution in [3.05, 3.63) is 0 Å². The second kappa shape index (κ2) is 8.48. The summed E-state index contributed by atoms with van der Waals surface area (Å²) < 4.78 is 0. The highest BCUT2D eigenvalue weighted by atomic mass is 16.2. The molecule has 0 radical (unpaired) electrons. The fourth-order valence-corrected chi connectivity index (χ4v) is 2.39. The van der Waals surface area contributed by atoms with Crippen LogP contribution in [0.15, 0.2) is 0 Å². The first kappa shape index (κ1) is 15.4. The van der Waals surface area contributed by atoms with Gasteiger partial charge < -0.3 is 10.6 Å². The molecule has 1 aliphatic heterocycles. The summed E-state index contributed by atoms with van der Waals surface area (Å²) in [7, 11) is 0. The van der Waals surface area contributed by atoms with Gasteiger partial charge in [0.15, 0.2) is 0 Å². The first-order chi connectivity index (χ1) is 8.61. The summed E-state index contributed by atoms with van der Waals surface area (Å²) in [4.78, 5) is 14.1. The van der Waals surface area contributed by atoms with E-state index in [9.17, 15) is 4.79 Å². The molecule has 1 amide bonds. The highest BCUT2D eigenvalue weighted by Gasteiger charge is 2.20. The summed E-state index contributed by atoms with van der Waals surface area (Å²) in [6.07, 6.45) is 2.50. The largest absolute Gasteiger partial charge is 0.355 e. The smallest absolute Gasteiger partial charge is 0.234 e. The maximum Gasteiger partial charge on any atom is 0.234 e. The molecule has 1 rings (SSSR count). The van der Waals surface area contributed by atoms with Crippen LogP contribution in [0.1, 0.15) is 33.6 Å². The van der Waals surface area contributed by atoms with Crippen molar-refractivity contribution in [3.8, 4) is 0 Å². The molecule has 1 unspecified atom stereocenters. The van der Waals surface area contributed by atoms with E-state index in [0.29, 0.717) is 18.4 Å². The van der Waals surface area contributed by atoms with E-state index in [1.165, 1.54) is 12.8 Å². The Bertz CT molecular complexity index is 243. The van der Waals surface area contributed by atoms with Gasteiger partial charge in [0.2, 0.25) is 5.91 Å². The third kappa shape index (κ3) is 6.36. The van der Waals surface area contributed by atoms with Gasteiger partial charge in [-0.2, -0.15) is 0 Å². The van der Waals surface area contributed by atoms with Gasteiger partial charge in [0, 0.05) is 13.1 Å². The number of piperidine rings is 1. The van der Waals surface area contributed by atoms with E-state index in [2.05, 4.69) is 36.3 Å². The average Bonchev–Trinajstić information content (AvgIpc) is 2.34. The van der Waals surface area contributed by atoms with Gasteiger partial charge in [-0.3, -0.25) is 9.69 Å². The normalized spacial score (nSPS) is 21.2. The van der Waals surface area contributed by atoms with E-state index in [0.717, 1.165) is 32.7 Å². The van der Waals surface area contributed by atoms with Crippen LogP contribution in [0.4, 0.5) is 0 Å². The second-order valence-corrected chi connectivity index (χ2v) is 5.75. The fraction of sp³-hybridized carbons (Fsp3) is 0.929. The van der Waals surface area contributed by atoms with E-state index in [-0.39, 0.29) is 5.91 Å². The minimum Gasteiger partial charge on any atom is -0.355 e. The van der Waals surface area contributed by atoms with E-state index in [1.54, 1.807) is 0 Å². The summed E-state index contributed by atoms with van der Waals surface area (Å²) in [5.41, 5.74) is 0. The van der Waals surface area contributed by atoms with E-state index in [4.69, 9.17) is 0 Å². The number of nitrogens with one attached hydrogen (secondary N) is 2. The van der Waals surface area contributed by atoms with Crippen molar-refractivity contribution in [1.29, 1.82) is 0 Å². The zero-order valence-electron chi connectivity index (χ0n) is 12.2. The molecule has 0 aromatic rings. The lowest BCUT2D eigenvalue weighted by molar-refractivity contribution is -0.122. The zero-order chi connectivity index (χ0) is 13.4. The van der Waals surface area contributed by atoms with Crippen molar-refractivity contribution in [1.82, 2.24) is 15.5 Å². The number of rotatable bonds is 7. The van der Waals surface area contributed by atoms with Crippen molar-refractivity contribution < 1.29 is 4.79 Å². The monoisotopic (exact) mass is 255 g/mol. The van der Waals surface area contributed by atoms with Crippen molar-refractivity contribution in [2.24, 2.45) is 11.8 Å². The highest BCUT2D eigenvalue weighted by molar-refractivity contribution is 5.78. The summed E-state index contributed by atoms with van der Waals surface area (Å²) in [6.45, 7) is 12.0. The van der Waals surface area contributed by atoms with Gasteiger partial charge in [-0.1, -0.05) is 20.8 Å². The predicted molar refractivity (Wildman–Crippen MR) is 75.6 cm³/mol. The van der Waals surface area contributed by atoms with Crippen LogP contribution in [0, 0.1) is 11.8 Å². The Hall–Kier alpha value is -0.610. The summed E-state index contributed by atoms with van der Waals surface area (Å²) in [5, 5.41) is 6.40. The van der Waals surface area contributed by atoms with Crippen molar-refractivity contribution >= 4 is 5.91 Å². The number of carbonyl (C=O) groups excluding carboxylic acids is 1. The van der Waals surface area contributed by atoms with Crippen LogP contribution in [-0.4, -0.2) is 50.1 Å². The molecule has 0 bridgehead atoms. The molecule has 106 valence electrons. The lowest BCUT2D eigenvalue weighted by atomic mass is 9.98. The summed E-state index contributed by atoms with van der Waals surface area (Å²) >= 11 is 0. The Morgan fingerprint density at radius 3 is 2.89 bits per heavy atom. The maximum atomic E-state index is 11.8. The molecular formula is C14H29N3O. The Morgan fingerprint density at radius 2 is 2.22 bits per heavy atom. The van der Waals surface area contributed by atoms with Crippen LogP contribution < -0.4 is 10.6 Å². The lowest BCUT2D eigenvalue weighted by Crippen LogP contribution is -2.45. The van der Waals surface area contributed by atoms with Gasteiger partial charge in [0.25, 0.3) is 0 Å². The number of carbonyl (C=O) groups is 1. The molecule has 0 aliphatic carbocycles. The van der Waals surface area contributed by atoms with Gasteiger partial charge in [0.1, 0.15) is 0 Å². The standard InChI is InChI=1S/C14H29N3O/c1-4-15-9-13-6-5-7-17(10-13)11-14(18)16-8-12(2)3/h12-13,15H,4-11H2,1-3H3,(H,16,18). The zero-order valence-corrected chi connectivity index (χ0v) is 12.2. The van der Waals surface area contributed by atoms with Gasteiger partial charge in [-0.05, 0) is 44.3 Å². The Balaban J connectivity index is 2.22. The van der Waals surface area contributed by atoms with Gasteiger partial charge in [0.05, 0.1) is 6.54 Å². The SMILES string of the molecule is CCNCC1CCCN(CC(=O)NCC(C)C)C1. The Kier molecular flexibility index (Phi) is 7.28. The summed E-state index contributed by atoms with van der Waals surface area (Å²) in [6, 6.07) is 0. The fourth-order valence-electron chi connectivity index (χ4n) is 2.39. The molecule has 4 heteroatoms. The summed E-state index contributed by atoms with van der Waals surface area (Å²) in [5.74, 6) is 1.40. The van der Waals surface area contributed by atoms with Crippen molar-refractivity contribution in [3.63, 3.8) is 0 Å². The first-order valence-electron chi connectivity index (χ1n) is 7.31. The van der Waals surface area contributed by atoms with E-state index in [1.807, 2.05) is 0 Å². The number of hydrogen-bond acceptors (Lipinski definition) is 3. The van der Waals surface area contributed by atoms with Crippen LogP contribution in [0.25, 0.3) is 0 Å². The van der Waals surface area contributed by atoms with Crippen LogP contribution in [0.5, 0.6) is 0 Å². The number of nitrogens with zero attached hydrogens (tertiary/aromatic N) is 1. The average molecular weight is 255 g/mol. The minimum absolute atomic E-state index is 0.174. The molecule has 1 heterocycles.